The van der Waals surface area contributed by atoms with Crippen molar-refractivity contribution in [2.24, 2.45) is 0 Å². The number of thiazole rings is 1. The monoisotopic (exact) mass is 362 g/mol. The maximum absolute atomic E-state index is 12.3. The van der Waals surface area contributed by atoms with Crippen LogP contribution in [0.5, 0.6) is 0 Å². The molecule has 0 radical (unpaired) electrons. The zero-order valence-corrected chi connectivity index (χ0v) is 14.8. The highest BCUT2D eigenvalue weighted by Crippen LogP contribution is 2.21. The van der Waals surface area contributed by atoms with E-state index >= 15 is 0 Å². The van der Waals surface area contributed by atoms with Gasteiger partial charge in [-0.2, -0.15) is 0 Å². The number of rotatable bonds is 4. The predicted octanol–water partition coefficient (Wildman–Crippen LogP) is 3.59. The minimum absolute atomic E-state index is 0.0539. The van der Waals surface area contributed by atoms with Gasteiger partial charge in [0.05, 0.1) is 23.3 Å². The average molecular weight is 363 g/mol. The van der Waals surface area contributed by atoms with Gasteiger partial charge in [0, 0.05) is 21.5 Å². The fourth-order valence-corrected chi connectivity index (χ4v) is 3.37. The number of aromatic nitrogens is 2. The lowest BCUT2D eigenvalue weighted by Crippen LogP contribution is -2.20. The van der Waals surface area contributed by atoms with E-state index in [1.54, 1.807) is 35.1 Å². The Kier molecular flexibility index (Phi) is 4.69. The Bertz CT molecular complexity index is 978. The van der Waals surface area contributed by atoms with Crippen molar-refractivity contribution in [3.63, 3.8) is 0 Å². The van der Waals surface area contributed by atoms with Crippen LogP contribution in [0.3, 0.4) is 0 Å². The maximum atomic E-state index is 12.3. The summed E-state index contributed by atoms with van der Waals surface area (Å²) in [6.45, 7) is 4.08. The Morgan fingerprint density at radius 1 is 1.33 bits per heavy atom. The van der Waals surface area contributed by atoms with Crippen molar-refractivity contribution in [1.29, 1.82) is 0 Å². The van der Waals surface area contributed by atoms with E-state index in [1.165, 1.54) is 0 Å². The Hall–Kier alpha value is -2.18. The number of ether oxygens (including phenoxy) is 1. The van der Waals surface area contributed by atoms with Crippen LogP contribution in [0, 0.1) is 13.8 Å². The molecule has 0 spiro atoms. The molecule has 0 saturated carbocycles. The third-order valence-electron chi connectivity index (χ3n) is 3.71. The van der Waals surface area contributed by atoms with Crippen molar-refractivity contribution in [2.75, 3.05) is 6.61 Å². The van der Waals surface area contributed by atoms with Gasteiger partial charge in [0.25, 0.3) is 0 Å². The van der Waals surface area contributed by atoms with Crippen LogP contribution in [0.25, 0.3) is 10.9 Å². The number of fused-ring (bicyclic) bond motifs is 1. The summed E-state index contributed by atoms with van der Waals surface area (Å²) in [5, 5.41) is 3.15. The second kappa shape index (κ2) is 6.75. The van der Waals surface area contributed by atoms with Crippen molar-refractivity contribution in [3.8, 4) is 0 Å². The molecule has 2 aromatic heterocycles. The Morgan fingerprint density at radius 2 is 2.12 bits per heavy atom. The number of halogens is 1. The zero-order chi connectivity index (χ0) is 17.3. The van der Waals surface area contributed by atoms with E-state index in [0.29, 0.717) is 22.8 Å². The minimum Gasteiger partial charge on any atom is -0.460 e. The molecule has 0 aliphatic carbocycles. The topological polar surface area (TPSA) is 61.2 Å². The molecule has 0 N–H and O–H groups in total. The standard InChI is InChI=1S/C17H15ClN2O3S/c1-10-9-24-17(22)20(10)5-6-23-16(21)14-8-12-7-13(18)3-4-15(12)19-11(14)2/h3-4,7-9H,5-6H2,1-2H3. The van der Waals surface area contributed by atoms with Crippen LogP contribution in [-0.2, 0) is 11.3 Å². The third-order valence-corrected chi connectivity index (χ3v) is 4.83. The molecule has 0 bridgehead atoms. The molecule has 0 aliphatic rings. The largest absolute Gasteiger partial charge is 0.460 e. The number of hydrogen-bond donors (Lipinski definition) is 0. The van der Waals surface area contributed by atoms with Gasteiger partial charge < -0.3 is 4.74 Å². The van der Waals surface area contributed by atoms with E-state index in [0.717, 1.165) is 27.9 Å². The maximum Gasteiger partial charge on any atom is 0.340 e. The quantitative estimate of drug-likeness (QED) is 0.665. The van der Waals surface area contributed by atoms with Crippen molar-refractivity contribution >= 4 is 39.8 Å². The molecule has 0 fully saturated rings. The number of aryl methyl sites for hydroxylation is 2. The van der Waals surface area contributed by atoms with Crippen LogP contribution in [0.1, 0.15) is 21.7 Å². The van der Waals surface area contributed by atoms with E-state index in [2.05, 4.69) is 4.98 Å². The van der Waals surface area contributed by atoms with Crippen molar-refractivity contribution in [1.82, 2.24) is 9.55 Å². The first-order chi connectivity index (χ1) is 11.5. The Morgan fingerprint density at radius 3 is 2.83 bits per heavy atom. The molecule has 0 aliphatic heterocycles. The van der Waals surface area contributed by atoms with Gasteiger partial charge in [-0.05, 0) is 38.1 Å². The Labute approximate surface area is 147 Å². The SMILES string of the molecule is Cc1nc2ccc(Cl)cc2cc1C(=O)OCCn1c(C)csc1=O. The smallest absolute Gasteiger partial charge is 0.340 e. The van der Waals surface area contributed by atoms with Gasteiger partial charge in [-0.1, -0.05) is 22.9 Å². The third kappa shape index (κ3) is 3.34. The number of pyridine rings is 1. The molecule has 24 heavy (non-hydrogen) atoms. The summed E-state index contributed by atoms with van der Waals surface area (Å²) < 4.78 is 6.89. The molecule has 0 saturated heterocycles. The molecule has 3 rings (SSSR count). The van der Waals surface area contributed by atoms with Crippen LogP contribution in [0.4, 0.5) is 0 Å². The van der Waals surface area contributed by atoms with Crippen LogP contribution < -0.4 is 4.87 Å². The van der Waals surface area contributed by atoms with E-state index in [-0.39, 0.29) is 11.5 Å². The predicted molar refractivity (Wildman–Crippen MR) is 95.1 cm³/mol. The van der Waals surface area contributed by atoms with Crippen molar-refractivity contribution in [2.45, 2.75) is 20.4 Å². The fraction of sp³-hybridized carbons (Fsp3) is 0.235. The van der Waals surface area contributed by atoms with E-state index < -0.39 is 5.97 Å². The van der Waals surface area contributed by atoms with Crippen molar-refractivity contribution < 1.29 is 9.53 Å². The summed E-state index contributed by atoms with van der Waals surface area (Å²) in [5.74, 6) is -0.456. The van der Waals surface area contributed by atoms with Gasteiger partial charge in [-0.15, -0.1) is 0 Å². The van der Waals surface area contributed by atoms with Gasteiger partial charge in [0.2, 0.25) is 0 Å². The molecule has 5 nitrogen and oxygen atoms in total. The number of hydrogen-bond acceptors (Lipinski definition) is 5. The highest BCUT2D eigenvalue weighted by molar-refractivity contribution is 7.07. The summed E-state index contributed by atoms with van der Waals surface area (Å²) in [4.78, 5) is 28.3. The van der Waals surface area contributed by atoms with Crippen molar-refractivity contribution in [3.05, 3.63) is 61.3 Å². The molecule has 0 amide bonds. The first kappa shape index (κ1) is 16.7. The molecular weight excluding hydrogens is 348 g/mol. The summed E-state index contributed by atoms with van der Waals surface area (Å²) in [6, 6.07) is 7.06. The normalized spacial score (nSPS) is 11.0. The summed E-state index contributed by atoms with van der Waals surface area (Å²) in [5.41, 5.74) is 2.63. The Balaban J connectivity index is 1.76. The molecule has 3 aromatic rings. The van der Waals surface area contributed by atoms with Crippen LogP contribution >= 0.6 is 22.9 Å². The number of carbonyl (C=O) groups excluding carboxylic acids is 1. The van der Waals surface area contributed by atoms with Gasteiger partial charge in [0.15, 0.2) is 0 Å². The second-order valence-electron chi connectivity index (χ2n) is 5.39. The van der Waals surface area contributed by atoms with Gasteiger partial charge >= 0.3 is 10.8 Å². The van der Waals surface area contributed by atoms with E-state index in [1.807, 2.05) is 13.0 Å². The van der Waals surface area contributed by atoms with E-state index in [4.69, 9.17) is 16.3 Å². The number of benzene rings is 1. The fourth-order valence-electron chi connectivity index (χ4n) is 2.43. The number of esters is 1. The van der Waals surface area contributed by atoms with Gasteiger partial charge in [-0.25, -0.2) is 4.79 Å². The first-order valence-corrected chi connectivity index (χ1v) is 8.60. The minimum atomic E-state index is -0.456. The number of carbonyl (C=O) groups is 1. The van der Waals surface area contributed by atoms with Crippen LogP contribution in [-0.4, -0.2) is 22.1 Å². The van der Waals surface area contributed by atoms with Crippen LogP contribution in [0.15, 0.2) is 34.4 Å². The van der Waals surface area contributed by atoms with Gasteiger partial charge in [0.1, 0.15) is 6.61 Å². The lowest BCUT2D eigenvalue weighted by atomic mass is 10.1. The lowest BCUT2D eigenvalue weighted by molar-refractivity contribution is 0.0489. The lowest BCUT2D eigenvalue weighted by Gasteiger charge is -2.09. The average Bonchev–Trinajstić information content (AvgIpc) is 2.86. The molecule has 2 heterocycles. The van der Waals surface area contributed by atoms with Gasteiger partial charge in [-0.3, -0.25) is 14.3 Å². The highest BCUT2D eigenvalue weighted by Gasteiger charge is 2.14. The molecule has 0 unspecified atom stereocenters. The summed E-state index contributed by atoms with van der Waals surface area (Å²) in [6.07, 6.45) is 0. The van der Waals surface area contributed by atoms with E-state index in [9.17, 15) is 9.59 Å². The van der Waals surface area contributed by atoms with Crippen LogP contribution in [0.2, 0.25) is 5.02 Å². The second-order valence-corrected chi connectivity index (χ2v) is 6.65. The summed E-state index contributed by atoms with van der Waals surface area (Å²) >= 11 is 7.12. The molecular formula is C17H15ClN2O3S. The molecule has 1 aromatic carbocycles. The zero-order valence-electron chi connectivity index (χ0n) is 13.2. The summed E-state index contributed by atoms with van der Waals surface area (Å²) in [7, 11) is 0. The first-order valence-electron chi connectivity index (χ1n) is 7.34. The molecule has 0 atom stereocenters. The molecule has 7 heteroatoms. The highest BCUT2D eigenvalue weighted by atomic mass is 35.5. The number of nitrogens with zero attached hydrogens (tertiary/aromatic N) is 2. The molecule has 124 valence electrons.